The average Bonchev–Trinajstić information content (AvgIpc) is 2.47. The minimum Gasteiger partial charge on any atom is -0.464 e. The minimum absolute atomic E-state index is 0.00410. The van der Waals surface area contributed by atoms with E-state index in [2.05, 4.69) is 11.8 Å². The Hall–Kier alpha value is -0.570. The Morgan fingerprint density at radius 1 is 0.950 bits per heavy atom. The van der Waals surface area contributed by atoms with Gasteiger partial charge in [0.2, 0.25) is 0 Å². The molecule has 0 atom stereocenters. The van der Waals surface area contributed by atoms with Crippen molar-refractivity contribution in [1.29, 1.82) is 0 Å². The van der Waals surface area contributed by atoms with Crippen molar-refractivity contribution in [3.05, 3.63) is 0 Å². The molecule has 1 fully saturated rings. The second-order valence-electron chi connectivity index (χ2n) is 5.99. The maximum atomic E-state index is 11.6. The third-order valence-corrected chi connectivity index (χ3v) is 4.10. The molecular formula is C17H33NO2. The number of rotatable bonds is 11. The molecule has 118 valence electrons. The van der Waals surface area contributed by atoms with Crippen LogP contribution in [-0.4, -0.2) is 37.1 Å². The summed E-state index contributed by atoms with van der Waals surface area (Å²) in [6, 6.07) is 0. The molecule has 1 heterocycles. The van der Waals surface area contributed by atoms with Gasteiger partial charge in [-0.3, -0.25) is 9.69 Å². The maximum absolute atomic E-state index is 11.6. The van der Waals surface area contributed by atoms with Crippen molar-refractivity contribution in [1.82, 2.24) is 4.90 Å². The predicted molar refractivity (Wildman–Crippen MR) is 83.9 cm³/mol. The Kier molecular flexibility index (Phi) is 10.7. The Balaban J connectivity index is 1.85. The highest BCUT2D eigenvalue weighted by Crippen LogP contribution is 2.10. The van der Waals surface area contributed by atoms with Crippen LogP contribution in [0.25, 0.3) is 0 Å². The van der Waals surface area contributed by atoms with Gasteiger partial charge in [0.25, 0.3) is 0 Å². The van der Waals surface area contributed by atoms with E-state index in [0.29, 0.717) is 13.0 Å². The van der Waals surface area contributed by atoms with E-state index in [0.717, 1.165) is 13.0 Å². The summed E-state index contributed by atoms with van der Waals surface area (Å²) in [6.45, 7) is 6.09. The van der Waals surface area contributed by atoms with E-state index >= 15 is 0 Å². The molecule has 3 heteroatoms. The fourth-order valence-corrected chi connectivity index (χ4v) is 2.77. The summed E-state index contributed by atoms with van der Waals surface area (Å²) in [5, 5.41) is 0. The van der Waals surface area contributed by atoms with Crippen LogP contribution in [0, 0.1) is 0 Å². The number of likely N-dealkylation sites (tertiary alicyclic amines) is 1. The van der Waals surface area contributed by atoms with E-state index in [9.17, 15) is 4.79 Å². The van der Waals surface area contributed by atoms with Crippen LogP contribution in [0.3, 0.4) is 0 Å². The lowest BCUT2D eigenvalue weighted by molar-refractivity contribution is -0.144. The first kappa shape index (κ1) is 17.5. The molecule has 1 rings (SSSR count). The number of ether oxygens (including phenoxy) is 1. The third kappa shape index (κ3) is 9.35. The van der Waals surface area contributed by atoms with Crippen molar-refractivity contribution in [3.8, 4) is 0 Å². The number of carbonyl (C=O) groups excluding carboxylic acids is 1. The zero-order valence-electron chi connectivity index (χ0n) is 13.4. The Bertz CT molecular complexity index is 237. The van der Waals surface area contributed by atoms with Crippen molar-refractivity contribution in [2.24, 2.45) is 0 Å². The van der Waals surface area contributed by atoms with E-state index in [1.54, 1.807) is 0 Å². The van der Waals surface area contributed by atoms with Gasteiger partial charge >= 0.3 is 5.97 Å². The van der Waals surface area contributed by atoms with Gasteiger partial charge in [-0.25, -0.2) is 0 Å². The lowest BCUT2D eigenvalue weighted by Crippen LogP contribution is -2.33. The van der Waals surface area contributed by atoms with Gasteiger partial charge < -0.3 is 4.74 Å². The average molecular weight is 283 g/mol. The van der Waals surface area contributed by atoms with Crippen LogP contribution in [0.2, 0.25) is 0 Å². The molecule has 0 aromatic carbocycles. The molecule has 0 unspecified atom stereocenters. The van der Waals surface area contributed by atoms with Crippen LogP contribution in [-0.2, 0) is 9.53 Å². The van der Waals surface area contributed by atoms with E-state index in [-0.39, 0.29) is 5.97 Å². The number of unbranched alkanes of at least 4 members (excludes halogenated alkanes) is 6. The van der Waals surface area contributed by atoms with E-state index in [1.807, 2.05) is 0 Å². The number of piperidine rings is 1. The highest BCUT2D eigenvalue weighted by Gasteiger charge is 2.10. The summed E-state index contributed by atoms with van der Waals surface area (Å²) < 4.78 is 5.31. The molecule has 0 N–H and O–H groups in total. The van der Waals surface area contributed by atoms with Crippen LogP contribution in [0.1, 0.15) is 77.6 Å². The van der Waals surface area contributed by atoms with Crippen molar-refractivity contribution in [3.63, 3.8) is 0 Å². The Morgan fingerprint density at radius 3 is 2.30 bits per heavy atom. The highest BCUT2D eigenvalue weighted by molar-refractivity contribution is 5.69. The Labute approximate surface area is 125 Å². The molecule has 0 amide bonds. The lowest BCUT2D eigenvalue weighted by Gasteiger charge is -2.25. The standard InChI is InChI=1S/C17H33NO2/c1-2-3-4-5-6-7-9-12-17(19)20-16-15-18-13-10-8-11-14-18/h2-16H2,1H3. The molecular weight excluding hydrogens is 250 g/mol. The van der Waals surface area contributed by atoms with Gasteiger partial charge in [-0.15, -0.1) is 0 Å². The van der Waals surface area contributed by atoms with Gasteiger partial charge in [0.1, 0.15) is 6.61 Å². The molecule has 0 aromatic rings. The molecule has 1 aliphatic heterocycles. The second-order valence-corrected chi connectivity index (χ2v) is 5.99. The van der Waals surface area contributed by atoms with Gasteiger partial charge in [0.15, 0.2) is 0 Å². The van der Waals surface area contributed by atoms with Crippen LogP contribution in [0.4, 0.5) is 0 Å². The quantitative estimate of drug-likeness (QED) is 0.421. The monoisotopic (exact) mass is 283 g/mol. The van der Waals surface area contributed by atoms with Crippen molar-refractivity contribution >= 4 is 5.97 Å². The largest absolute Gasteiger partial charge is 0.464 e. The molecule has 1 saturated heterocycles. The predicted octanol–water partition coefficient (Wildman–Crippen LogP) is 4.16. The van der Waals surface area contributed by atoms with Crippen LogP contribution >= 0.6 is 0 Å². The summed E-state index contributed by atoms with van der Waals surface area (Å²) in [4.78, 5) is 14.0. The highest BCUT2D eigenvalue weighted by atomic mass is 16.5. The van der Waals surface area contributed by atoms with Crippen LogP contribution < -0.4 is 0 Å². The molecule has 1 aliphatic rings. The summed E-state index contributed by atoms with van der Waals surface area (Å²) in [7, 11) is 0. The molecule has 0 aliphatic carbocycles. The fraction of sp³-hybridized carbons (Fsp3) is 0.941. The normalized spacial score (nSPS) is 16.2. The minimum atomic E-state index is -0.00410. The van der Waals surface area contributed by atoms with E-state index in [4.69, 9.17) is 4.74 Å². The molecule has 3 nitrogen and oxygen atoms in total. The number of esters is 1. The third-order valence-electron chi connectivity index (χ3n) is 4.10. The second kappa shape index (κ2) is 12.2. The zero-order chi connectivity index (χ0) is 14.5. The lowest BCUT2D eigenvalue weighted by atomic mass is 10.1. The first-order valence-corrected chi connectivity index (χ1v) is 8.71. The first-order valence-electron chi connectivity index (χ1n) is 8.71. The van der Waals surface area contributed by atoms with Crippen LogP contribution in [0.15, 0.2) is 0 Å². The summed E-state index contributed by atoms with van der Waals surface area (Å²) in [5.41, 5.74) is 0. The molecule has 0 saturated carbocycles. The van der Waals surface area contributed by atoms with Gasteiger partial charge in [-0.2, -0.15) is 0 Å². The van der Waals surface area contributed by atoms with Gasteiger partial charge in [0.05, 0.1) is 0 Å². The van der Waals surface area contributed by atoms with Crippen molar-refractivity contribution in [2.75, 3.05) is 26.2 Å². The molecule has 0 aromatic heterocycles. The van der Waals surface area contributed by atoms with Crippen molar-refractivity contribution < 1.29 is 9.53 Å². The topological polar surface area (TPSA) is 29.5 Å². The smallest absolute Gasteiger partial charge is 0.305 e. The molecule has 20 heavy (non-hydrogen) atoms. The van der Waals surface area contributed by atoms with Crippen LogP contribution in [0.5, 0.6) is 0 Å². The van der Waals surface area contributed by atoms with Gasteiger partial charge in [0, 0.05) is 13.0 Å². The maximum Gasteiger partial charge on any atom is 0.305 e. The van der Waals surface area contributed by atoms with E-state index < -0.39 is 0 Å². The number of carbonyl (C=O) groups is 1. The number of hydrogen-bond donors (Lipinski definition) is 0. The molecule has 0 radical (unpaired) electrons. The summed E-state index contributed by atoms with van der Waals surface area (Å²) >= 11 is 0. The first-order chi connectivity index (χ1) is 9.83. The summed E-state index contributed by atoms with van der Waals surface area (Å²) in [6.07, 6.45) is 13.3. The zero-order valence-corrected chi connectivity index (χ0v) is 13.4. The Morgan fingerprint density at radius 2 is 1.60 bits per heavy atom. The van der Waals surface area contributed by atoms with Gasteiger partial charge in [-0.05, 0) is 32.4 Å². The van der Waals surface area contributed by atoms with Gasteiger partial charge in [-0.1, -0.05) is 51.9 Å². The number of nitrogens with zero attached hydrogens (tertiary/aromatic N) is 1. The molecule has 0 spiro atoms. The number of hydrogen-bond acceptors (Lipinski definition) is 3. The molecule has 0 bridgehead atoms. The van der Waals surface area contributed by atoms with Crippen molar-refractivity contribution in [2.45, 2.75) is 77.6 Å². The van der Waals surface area contributed by atoms with E-state index in [1.165, 1.54) is 70.9 Å². The summed E-state index contributed by atoms with van der Waals surface area (Å²) in [5.74, 6) is -0.00410. The SMILES string of the molecule is CCCCCCCCCC(=O)OCCN1CCCCC1. The fourth-order valence-electron chi connectivity index (χ4n) is 2.77.